The summed E-state index contributed by atoms with van der Waals surface area (Å²) in [6, 6.07) is 4.89. The van der Waals surface area contributed by atoms with E-state index in [1.165, 1.54) is 6.07 Å². The van der Waals surface area contributed by atoms with Gasteiger partial charge < -0.3 is 0 Å². The molecule has 0 spiro atoms. The highest BCUT2D eigenvalue weighted by molar-refractivity contribution is 6.17. The Morgan fingerprint density at radius 3 is 3.06 bits per heavy atom. The molecule has 0 radical (unpaired) electrons. The molecule has 0 aliphatic heterocycles. The SMILES string of the molecule is O=[N+]([O-])c1cccc2c(C=CCCCl)[nH]nc12. The second-order valence-corrected chi connectivity index (χ2v) is 3.83. The molecule has 1 aromatic carbocycles. The highest BCUT2D eigenvalue weighted by Crippen LogP contribution is 2.25. The van der Waals surface area contributed by atoms with Gasteiger partial charge in [-0.25, -0.2) is 0 Å². The number of nitro groups is 1. The largest absolute Gasteiger partial charge is 0.297 e. The van der Waals surface area contributed by atoms with Crippen LogP contribution in [0.2, 0.25) is 0 Å². The molecule has 1 aromatic heterocycles. The number of hydrogen-bond donors (Lipinski definition) is 1. The maximum absolute atomic E-state index is 10.8. The van der Waals surface area contributed by atoms with Gasteiger partial charge in [0, 0.05) is 17.3 Å². The van der Waals surface area contributed by atoms with Crippen LogP contribution in [0.15, 0.2) is 24.3 Å². The number of non-ortho nitro benzene ring substituents is 1. The average Bonchev–Trinajstić information content (AvgIpc) is 2.72. The first-order chi connectivity index (χ1) is 8.24. The first-order valence-electron chi connectivity index (χ1n) is 5.08. The van der Waals surface area contributed by atoms with Gasteiger partial charge in [-0.05, 0) is 12.5 Å². The summed E-state index contributed by atoms with van der Waals surface area (Å²) in [6.45, 7) is 0. The molecule has 0 saturated heterocycles. The second kappa shape index (κ2) is 4.97. The maximum atomic E-state index is 10.8. The Balaban J connectivity index is 2.47. The Morgan fingerprint density at radius 2 is 2.35 bits per heavy atom. The quantitative estimate of drug-likeness (QED) is 0.515. The molecule has 0 aliphatic rings. The fourth-order valence-corrected chi connectivity index (χ4v) is 1.71. The second-order valence-electron chi connectivity index (χ2n) is 3.45. The number of rotatable bonds is 4. The summed E-state index contributed by atoms with van der Waals surface area (Å²) in [7, 11) is 0. The third-order valence-corrected chi connectivity index (χ3v) is 2.57. The van der Waals surface area contributed by atoms with Crippen LogP contribution < -0.4 is 0 Å². The van der Waals surface area contributed by atoms with Crippen LogP contribution in [-0.4, -0.2) is 21.0 Å². The molecule has 0 saturated carbocycles. The van der Waals surface area contributed by atoms with Crippen molar-refractivity contribution < 1.29 is 4.92 Å². The number of alkyl halides is 1. The minimum absolute atomic E-state index is 0.00995. The molecule has 0 unspecified atom stereocenters. The lowest BCUT2D eigenvalue weighted by Crippen LogP contribution is -1.88. The van der Waals surface area contributed by atoms with Crippen LogP contribution in [0.4, 0.5) is 5.69 Å². The summed E-state index contributed by atoms with van der Waals surface area (Å²) < 4.78 is 0. The number of aromatic nitrogens is 2. The highest BCUT2D eigenvalue weighted by atomic mass is 35.5. The van der Waals surface area contributed by atoms with Crippen LogP contribution in [0.25, 0.3) is 17.0 Å². The van der Waals surface area contributed by atoms with Crippen LogP contribution in [0.1, 0.15) is 12.1 Å². The van der Waals surface area contributed by atoms with Gasteiger partial charge in [0.05, 0.1) is 10.6 Å². The number of nitrogens with one attached hydrogen (secondary N) is 1. The molecular weight excluding hydrogens is 242 g/mol. The van der Waals surface area contributed by atoms with Gasteiger partial charge in [0.25, 0.3) is 5.69 Å². The number of benzene rings is 1. The molecule has 1 heterocycles. The molecule has 2 rings (SSSR count). The van der Waals surface area contributed by atoms with E-state index in [-0.39, 0.29) is 5.69 Å². The smallest absolute Gasteiger partial charge is 0.277 e. The van der Waals surface area contributed by atoms with E-state index in [4.69, 9.17) is 11.6 Å². The molecule has 2 aromatic rings. The van der Waals surface area contributed by atoms with Crippen LogP contribution in [0.3, 0.4) is 0 Å². The van der Waals surface area contributed by atoms with E-state index in [0.717, 1.165) is 17.5 Å². The first kappa shape index (κ1) is 11.6. The van der Waals surface area contributed by atoms with Gasteiger partial charge in [-0.2, -0.15) is 5.10 Å². The fourth-order valence-electron chi connectivity index (χ4n) is 1.58. The molecule has 6 heteroatoms. The summed E-state index contributed by atoms with van der Waals surface area (Å²) in [5.41, 5.74) is 1.15. The number of fused-ring (bicyclic) bond motifs is 1. The number of aromatic amines is 1. The summed E-state index contributed by atoms with van der Waals surface area (Å²) in [5.74, 6) is 0.544. The molecular formula is C11H10ClN3O2. The van der Waals surface area contributed by atoms with Gasteiger partial charge in [0.1, 0.15) is 0 Å². The lowest BCUT2D eigenvalue weighted by Gasteiger charge is -1.92. The lowest BCUT2D eigenvalue weighted by atomic mass is 10.2. The molecule has 0 fully saturated rings. The maximum Gasteiger partial charge on any atom is 0.297 e. The van der Waals surface area contributed by atoms with Gasteiger partial charge in [0.2, 0.25) is 0 Å². The summed E-state index contributed by atoms with van der Waals surface area (Å²) >= 11 is 5.56. The number of allylic oxidation sites excluding steroid dienone is 1. The van der Waals surface area contributed by atoms with Crippen LogP contribution in [-0.2, 0) is 0 Å². The van der Waals surface area contributed by atoms with Gasteiger partial charge in [0.15, 0.2) is 5.52 Å². The molecule has 0 aliphatic carbocycles. The van der Waals surface area contributed by atoms with Crippen molar-refractivity contribution in [2.75, 3.05) is 5.88 Å². The average molecular weight is 252 g/mol. The van der Waals surface area contributed by atoms with Crippen molar-refractivity contribution in [1.29, 1.82) is 0 Å². The van der Waals surface area contributed by atoms with Crippen LogP contribution in [0, 0.1) is 10.1 Å². The number of nitrogens with zero attached hydrogens (tertiary/aromatic N) is 2. The predicted molar refractivity (Wildman–Crippen MR) is 67.1 cm³/mol. The van der Waals surface area contributed by atoms with Gasteiger partial charge in [-0.15, -0.1) is 11.6 Å². The summed E-state index contributed by atoms with van der Waals surface area (Å²) in [5, 5.41) is 18.3. The Bertz CT molecular complexity index is 577. The van der Waals surface area contributed by atoms with Gasteiger partial charge >= 0.3 is 0 Å². The van der Waals surface area contributed by atoms with E-state index >= 15 is 0 Å². The van der Waals surface area contributed by atoms with E-state index in [0.29, 0.717) is 11.4 Å². The fraction of sp³-hybridized carbons (Fsp3) is 0.182. The number of hydrogen-bond acceptors (Lipinski definition) is 3. The molecule has 1 N–H and O–H groups in total. The number of para-hydroxylation sites is 1. The normalized spacial score (nSPS) is 11.4. The molecule has 5 nitrogen and oxygen atoms in total. The highest BCUT2D eigenvalue weighted by Gasteiger charge is 2.15. The Hall–Kier alpha value is -1.88. The molecule has 0 atom stereocenters. The van der Waals surface area contributed by atoms with E-state index in [1.54, 1.807) is 12.1 Å². The molecule has 17 heavy (non-hydrogen) atoms. The Kier molecular flexibility index (Phi) is 3.39. The van der Waals surface area contributed by atoms with Gasteiger partial charge in [-0.3, -0.25) is 15.2 Å². The number of nitro benzene ring substituents is 1. The molecule has 88 valence electrons. The molecule has 0 amide bonds. The zero-order valence-electron chi connectivity index (χ0n) is 8.89. The van der Waals surface area contributed by atoms with Crippen molar-refractivity contribution >= 4 is 34.3 Å². The van der Waals surface area contributed by atoms with Crippen molar-refractivity contribution in [3.05, 3.63) is 40.1 Å². The van der Waals surface area contributed by atoms with E-state index in [2.05, 4.69) is 10.2 Å². The van der Waals surface area contributed by atoms with Crippen LogP contribution in [0.5, 0.6) is 0 Å². The standard InChI is InChI=1S/C11H10ClN3O2/c12-7-2-1-5-9-8-4-3-6-10(15(16)17)11(8)14-13-9/h1,3-6H,2,7H2,(H,13,14). The first-order valence-corrected chi connectivity index (χ1v) is 5.61. The van der Waals surface area contributed by atoms with Crippen molar-refractivity contribution in [1.82, 2.24) is 10.2 Å². The van der Waals surface area contributed by atoms with E-state index in [1.807, 2.05) is 12.2 Å². The lowest BCUT2D eigenvalue weighted by molar-refractivity contribution is -0.383. The summed E-state index contributed by atoms with van der Waals surface area (Å²) in [4.78, 5) is 10.4. The third kappa shape index (κ3) is 2.29. The van der Waals surface area contributed by atoms with Crippen LogP contribution >= 0.6 is 11.6 Å². The number of halogens is 1. The third-order valence-electron chi connectivity index (χ3n) is 2.35. The zero-order chi connectivity index (χ0) is 12.3. The summed E-state index contributed by atoms with van der Waals surface area (Å²) in [6.07, 6.45) is 4.48. The Labute approximate surface area is 102 Å². The Morgan fingerprint density at radius 1 is 1.53 bits per heavy atom. The van der Waals surface area contributed by atoms with Crippen molar-refractivity contribution in [2.45, 2.75) is 6.42 Å². The van der Waals surface area contributed by atoms with Crippen molar-refractivity contribution in [3.8, 4) is 0 Å². The zero-order valence-corrected chi connectivity index (χ0v) is 9.65. The number of H-pyrrole nitrogens is 1. The predicted octanol–water partition coefficient (Wildman–Crippen LogP) is 3.11. The van der Waals surface area contributed by atoms with E-state index in [9.17, 15) is 10.1 Å². The van der Waals surface area contributed by atoms with Crippen molar-refractivity contribution in [2.24, 2.45) is 0 Å². The van der Waals surface area contributed by atoms with Gasteiger partial charge in [-0.1, -0.05) is 18.2 Å². The topological polar surface area (TPSA) is 71.8 Å². The molecule has 0 bridgehead atoms. The van der Waals surface area contributed by atoms with Crippen molar-refractivity contribution in [3.63, 3.8) is 0 Å². The monoisotopic (exact) mass is 251 g/mol. The minimum atomic E-state index is -0.435. The van der Waals surface area contributed by atoms with E-state index < -0.39 is 4.92 Å². The minimum Gasteiger partial charge on any atom is -0.277 e.